The molecule has 2 rings (SSSR count). The van der Waals surface area contributed by atoms with Crippen LogP contribution in [0.15, 0.2) is 48.5 Å². The molecule has 112 valence electrons. The maximum Gasteiger partial charge on any atom is 0.0547 e. The standard InChI is InChI=1S/C18H25N3/c1-15-7-6-10-18(20-15)14-21(2)13-17(19)12-11-16-8-4-3-5-9-16/h3-10,17H,11-14,19H2,1-2H3. The molecule has 2 N–H and O–H groups in total. The lowest BCUT2D eigenvalue weighted by molar-refractivity contribution is 0.294. The van der Waals surface area contributed by atoms with Gasteiger partial charge in [-0.3, -0.25) is 9.88 Å². The van der Waals surface area contributed by atoms with Gasteiger partial charge >= 0.3 is 0 Å². The molecule has 1 aromatic carbocycles. The van der Waals surface area contributed by atoms with Gasteiger partial charge in [0.1, 0.15) is 0 Å². The maximum atomic E-state index is 6.24. The summed E-state index contributed by atoms with van der Waals surface area (Å²) in [4.78, 5) is 6.78. The van der Waals surface area contributed by atoms with Crippen LogP contribution in [-0.2, 0) is 13.0 Å². The Hall–Kier alpha value is -1.71. The van der Waals surface area contributed by atoms with Crippen LogP contribution in [0.25, 0.3) is 0 Å². The Morgan fingerprint density at radius 1 is 1.10 bits per heavy atom. The molecule has 0 bridgehead atoms. The zero-order valence-electron chi connectivity index (χ0n) is 13.0. The van der Waals surface area contributed by atoms with Gasteiger partial charge in [-0.1, -0.05) is 36.4 Å². The molecular formula is C18H25N3. The number of hydrogen-bond donors (Lipinski definition) is 1. The van der Waals surface area contributed by atoms with E-state index in [0.717, 1.165) is 37.3 Å². The summed E-state index contributed by atoms with van der Waals surface area (Å²) >= 11 is 0. The highest BCUT2D eigenvalue weighted by atomic mass is 15.1. The second-order valence-electron chi connectivity index (χ2n) is 5.75. The molecule has 2 aromatic rings. The summed E-state index contributed by atoms with van der Waals surface area (Å²) in [7, 11) is 2.10. The van der Waals surface area contributed by atoms with Crippen LogP contribution < -0.4 is 5.73 Å². The molecular weight excluding hydrogens is 258 g/mol. The van der Waals surface area contributed by atoms with Gasteiger partial charge in [0.05, 0.1) is 5.69 Å². The average Bonchev–Trinajstić information content (AvgIpc) is 2.46. The highest BCUT2D eigenvalue weighted by Crippen LogP contribution is 2.06. The molecule has 1 heterocycles. The van der Waals surface area contributed by atoms with E-state index in [9.17, 15) is 0 Å². The zero-order chi connectivity index (χ0) is 15.1. The second kappa shape index (κ2) is 7.91. The third-order valence-corrected chi connectivity index (χ3v) is 3.57. The van der Waals surface area contributed by atoms with Gasteiger partial charge in [0.2, 0.25) is 0 Å². The fourth-order valence-electron chi connectivity index (χ4n) is 2.52. The monoisotopic (exact) mass is 283 g/mol. The van der Waals surface area contributed by atoms with Crippen molar-refractivity contribution in [1.82, 2.24) is 9.88 Å². The number of likely N-dealkylation sites (N-methyl/N-ethyl adjacent to an activating group) is 1. The van der Waals surface area contributed by atoms with Crippen molar-refractivity contribution in [3.05, 3.63) is 65.5 Å². The van der Waals surface area contributed by atoms with E-state index in [-0.39, 0.29) is 6.04 Å². The van der Waals surface area contributed by atoms with Crippen LogP contribution in [0.4, 0.5) is 0 Å². The molecule has 3 heteroatoms. The summed E-state index contributed by atoms with van der Waals surface area (Å²) < 4.78 is 0. The molecule has 0 amide bonds. The molecule has 0 saturated heterocycles. The number of nitrogens with zero attached hydrogens (tertiary/aromatic N) is 2. The lowest BCUT2D eigenvalue weighted by Crippen LogP contribution is -2.35. The summed E-state index contributed by atoms with van der Waals surface area (Å²) in [5.74, 6) is 0. The highest BCUT2D eigenvalue weighted by Gasteiger charge is 2.08. The average molecular weight is 283 g/mol. The van der Waals surface area contributed by atoms with E-state index >= 15 is 0 Å². The predicted octanol–water partition coefficient (Wildman–Crippen LogP) is 2.78. The molecule has 0 aliphatic rings. The topological polar surface area (TPSA) is 42.1 Å². The minimum absolute atomic E-state index is 0.194. The minimum Gasteiger partial charge on any atom is -0.327 e. The van der Waals surface area contributed by atoms with E-state index in [2.05, 4.69) is 53.3 Å². The first-order valence-corrected chi connectivity index (χ1v) is 7.54. The fourth-order valence-corrected chi connectivity index (χ4v) is 2.52. The number of aromatic nitrogens is 1. The Labute approximate surface area is 127 Å². The van der Waals surface area contributed by atoms with Crippen LogP contribution in [0.1, 0.15) is 23.4 Å². The number of nitrogens with two attached hydrogens (primary N) is 1. The van der Waals surface area contributed by atoms with E-state index in [1.165, 1.54) is 5.56 Å². The van der Waals surface area contributed by atoms with E-state index in [4.69, 9.17) is 5.73 Å². The first-order chi connectivity index (χ1) is 10.1. The molecule has 1 atom stereocenters. The van der Waals surface area contributed by atoms with Crippen LogP contribution in [0.5, 0.6) is 0 Å². The van der Waals surface area contributed by atoms with Crippen LogP contribution >= 0.6 is 0 Å². The summed E-state index contributed by atoms with van der Waals surface area (Å²) in [6.07, 6.45) is 2.05. The Morgan fingerprint density at radius 3 is 2.57 bits per heavy atom. The molecule has 1 aromatic heterocycles. The van der Waals surface area contributed by atoms with E-state index < -0.39 is 0 Å². The third kappa shape index (κ3) is 5.66. The van der Waals surface area contributed by atoms with Crippen molar-refractivity contribution in [2.75, 3.05) is 13.6 Å². The molecule has 0 fully saturated rings. The molecule has 0 radical (unpaired) electrons. The number of benzene rings is 1. The van der Waals surface area contributed by atoms with Crippen molar-refractivity contribution in [1.29, 1.82) is 0 Å². The summed E-state index contributed by atoms with van der Waals surface area (Å²) in [5.41, 5.74) is 9.77. The Balaban J connectivity index is 1.75. The normalized spacial score (nSPS) is 12.6. The quantitative estimate of drug-likeness (QED) is 0.849. The predicted molar refractivity (Wildman–Crippen MR) is 88.0 cm³/mol. The highest BCUT2D eigenvalue weighted by molar-refractivity contribution is 5.14. The largest absolute Gasteiger partial charge is 0.327 e. The number of hydrogen-bond acceptors (Lipinski definition) is 3. The molecule has 3 nitrogen and oxygen atoms in total. The van der Waals surface area contributed by atoms with Crippen molar-refractivity contribution >= 4 is 0 Å². The van der Waals surface area contributed by atoms with Crippen molar-refractivity contribution in [2.24, 2.45) is 5.73 Å². The second-order valence-corrected chi connectivity index (χ2v) is 5.75. The maximum absolute atomic E-state index is 6.24. The van der Waals surface area contributed by atoms with Gasteiger partial charge in [0.25, 0.3) is 0 Å². The Bertz CT molecular complexity index is 539. The zero-order valence-corrected chi connectivity index (χ0v) is 13.0. The molecule has 0 aliphatic heterocycles. The number of rotatable bonds is 7. The third-order valence-electron chi connectivity index (χ3n) is 3.57. The summed E-state index contributed by atoms with van der Waals surface area (Å²) in [6.45, 7) is 3.76. The van der Waals surface area contributed by atoms with Crippen LogP contribution in [-0.4, -0.2) is 29.5 Å². The van der Waals surface area contributed by atoms with Crippen LogP contribution in [0, 0.1) is 6.92 Å². The Morgan fingerprint density at radius 2 is 1.86 bits per heavy atom. The van der Waals surface area contributed by atoms with Crippen molar-refractivity contribution in [3.63, 3.8) is 0 Å². The molecule has 1 unspecified atom stereocenters. The van der Waals surface area contributed by atoms with Gasteiger partial charge in [-0.15, -0.1) is 0 Å². The fraction of sp³-hybridized carbons (Fsp3) is 0.389. The Kier molecular flexibility index (Phi) is 5.90. The van der Waals surface area contributed by atoms with Gasteiger partial charge in [-0.2, -0.15) is 0 Å². The molecule has 0 aliphatic carbocycles. The van der Waals surface area contributed by atoms with Crippen LogP contribution in [0.2, 0.25) is 0 Å². The summed E-state index contributed by atoms with van der Waals surface area (Å²) in [6, 6.07) is 16.9. The van der Waals surface area contributed by atoms with Gasteiger partial charge < -0.3 is 5.73 Å². The SMILES string of the molecule is Cc1cccc(CN(C)CC(N)CCc2ccccc2)n1. The van der Waals surface area contributed by atoms with Gasteiger partial charge in [-0.05, 0) is 44.5 Å². The first-order valence-electron chi connectivity index (χ1n) is 7.54. The lowest BCUT2D eigenvalue weighted by Gasteiger charge is -2.21. The van der Waals surface area contributed by atoms with Crippen LogP contribution in [0.3, 0.4) is 0 Å². The lowest BCUT2D eigenvalue weighted by atomic mass is 10.1. The van der Waals surface area contributed by atoms with E-state index in [1.54, 1.807) is 0 Å². The van der Waals surface area contributed by atoms with Crippen molar-refractivity contribution < 1.29 is 0 Å². The van der Waals surface area contributed by atoms with Gasteiger partial charge in [-0.25, -0.2) is 0 Å². The van der Waals surface area contributed by atoms with Gasteiger partial charge in [0, 0.05) is 24.8 Å². The number of pyridine rings is 1. The van der Waals surface area contributed by atoms with E-state index in [1.807, 2.05) is 19.1 Å². The molecule has 0 spiro atoms. The van der Waals surface area contributed by atoms with E-state index in [0.29, 0.717) is 0 Å². The van der Waals surface area contributed by atoms with Crippen molar-refractivity contribution in [3.8, 4) is 0 Å². The molecule has 21 heavy (non-hydrogen) atoms. The minimum atomic E-state index is 0.194. The number of aryl methyl sites for hydroxylation is 2. The van der Waals surface area contributed by atoms with Crippen molar-refractivity contribution in [2.45, 2.75) is 32.4 Å². The van der Waals surface area contributed by atoms with Gasteiger partial charge in [0.15, 0.2) is 0 Å². The smallest absolute Gasteiger partial charge is 0.0547 e. The first kappa shape index (κ1) is 15.7. The molecule has 0 saturated carbocycles. The summed E-state index contributed by atoms with van der Waals surface area (Å²) in [5, 5.41) is 0.